The van der Waals surface area contributed by atoms with E-state index in [4.69, 9.17) is 4.74 Å². The fourth-order valence-corrected chi connectivity index (χ4v) is 4.85. The quantitative estimate of drug-likeness (QED) is 0.470. The standard InChI is InChI=1S/C21H21N3O5S2/c1-14-7-5-8-15(2)20(14)29-13-18(25)22-23-21(26)16-9-3-4-10-17(16)24-31(27,28)19-11-6-12-30-19/h3-12,24H,13H2,1-2H3,(H,22,25)(H,23,26). The topological polar surface area (TPSA) is 114 Å². The van der Waals surface area contributed by atoms with Gasteiger partial charge in [-0.3, -0.25) is 25.2 Å². The summed E-state index contributed by atoms with van der Waals surface area (Å²) >= 11 is 1.06. The number of benzene rings is 2. The van der Waals surface area contributed by atoms with E-state index in [2.05, 4.69) is 15.6 Å². The van der Waals surface area contributed by atoms with Crippen LogP contribution in [0.3, 0.4) is 0 Å². The van der Waals surface area contributed by atoms with E-state index in [1.807, 2.05) is 32.0 Å². The lowest BCUT2D eigenvalue weighted by Gasteiger charge is -2.14. The summed E-state index contributed by atoms with van der Waals surface area (Å²) in [7, 11) is -3.82. The number of para-hydroxylation sites is 2. The van der Waals surface area contributed by atoms with Gasteiger partial charge >= 0.3 is 0 Å². The number of ether oxygens (including phenoxy) is 1. The first-order valence-corrected chi connectivity index (χ1v) is 11.6. The smallest absolute Gasteiger partial charge is 0.276 e. The molecule has 1 aromatic heterocycles. The predicted molar refractivity (Wildman–Crippen MR) is 119 cm³/mol. The molecule has 0 spiro atoms. The van der Waals surface area contributed by atoms with Crippen LogP contribution in [0.4, 0.5) is 5.69 Å². The van der Waals surface area contributed by atoms with Crippen molar-refractivity contribution in [3.8, 4) is 5.75 Å². The molecule has 3 aromatic rings. The van der Waals surface area contributed by atoms with Gasteiger partial charge in [0.1, 0.15) is 9.96 Å². The van der Waals surface area contributed by atoms with Crippen molar-refractivity contribution in [2.45, 2.75) is 18.1 Å². The van der Waals surface area contributed by atoms with Gasteiger partial charge in [-0.2, -0.15) is 0 Å². The maximum atomic E-state index is 12.5. The molecule has 0 fully saturated rings. The van der Waals surface area contributed by atoms with Crippen LogP contribution in [0.5, 0.6) is 5.75 Å². The normalized spacial score (nSPS) is 10.9. The summed E-state index contributed by atoms with van der Waals surface area (Å²) < 4.78 is 33.0. The SMILES string of the molecule is Cc1cccc(C)c1OCC(=O)NNC(=O)c1ccccc1NS(=O)(=O)c1cccs1. The number of amides is 2. The van der Waals surface area contributed by atoms with Gasteiger partial charge < -0.3 is 4.74 Å². The molecule has 0 saturated heterocycles. The lowest BCUT2D eigenvalue weighted by atomic mass is 10.1. The van der Waals surface area contributed by atoms with Gasteiger partial charge in [-0.1, -0.05) is 36.4 Å². The molecule has 0 unspecified atom stereocenters. The molecule has 0 aliphatic rings. The monoisotopic (exact) mass is 459 g/mol. The van der Waals surface area contributed by atoms with Gasteiger partial charge in [0.05, 0.1) is 11.3 Å². The highest BCUT2D eigenvalue weighted by molar-refractivity contribution is 7.94. The molecule has 0 saturated carbocycles. The lowest BCUT2D eigenvalue weighted by molar-refractivity contribution is -0.123. The number of hydrazine groups is 1. The first kappa shape index (κ1) is 22.3. The molecule has 8 nitrogen and oxygen atoms in total. The minimum absolute atomic E-state index is 0.0543. The largest absolute Gasteiger partial charge is 0.483 e. The Balaban J connectivity index is 1.61. The molecule has 0 radical (unpaired) electrons. The third-order valence-corrected chi connectivity index (χ3v) is 7.01. The molecule has 162 valence electrons. The Bertz CT molecular complexity index is 1170. The molecule has 1 heterocycles. The number of hydrogen-bond donors (Lipinski definition) is 3. The summed E-state index contributed by atoms with van der Waals surface area (Å²) in [5.74, 6) is -0.630. The summed E-state index contributed by atoms with van der Waals surface area (Å²) in [5.41, 5.74) is 6.47. The van der Waals surface area contributed by atoms with Crippen LogP contribution in [0.25, 0.3) is 0 Å². The number of thiophene rings is 1. The second kappa shape index (κ2) is 9.63. The third kappa shape index (κ3) is 5.62. The Kier molecular flexibility index (Phi) is 6.93. The summed E-state index contributed by atoms with van der Waals surface area (Å²) in [6, 6.07) is 14.8. The summed E-state index contributed by atoms with van der Waals surface area (Å²) in [4.78, 5) is 24.6. The first-order valence-electron chi connectivity index (χ1n) is 9.21. The molecule has 0 atom stereocenters. The van der Waals surface area contributed by atoms with Crippen LogP contribution in [0.15, 0.2) is 64.2 Å². The maximum absolute atomic E-state index is 12.5. The Labute approximate surface area is 184 Å². The fraction of sp³-hybridized carbons (Fsp3) is 0.143. The Morgan fingerprint density at radius 1 is 0.935 bits per heavy atom. The van der Waals surface area contributed by atoms with E-state index >= 15 is 0 Å². The number of aryl methyl sites for hydroxylation is 2. The molecular formula is C21H21N3O5S2. The van der Waals surface area contributed by atoms with E-state index in [0.29, 0.717) is 5.75 Å². The van der Waals surface area contributed by atoms with Crippen LogP contribution < -0.4 is 20.3 Å². The van der Waals surface area contributed by atoms with Crippen molar-refractivity contribution in [3.63, 3.8) is 0 Å². The van der Waals surface area contributed by atoms with Crippen LogP contribution in [0.2, 0.25) is 0 Å². The average molecular weight is 460 g/mol. The second-order valence-electron chi connectivity index (χ2n) is 6.60. The number of anilines is 1. The van der Waals surface area contributed by atoms with Gasteiger partial charge in [-0.15, -0.1) is 11.3 Å². The lowest BCUT2D eigenvalue weighted by Crippen LogP contribution is -2.44. The Hall–Kier alpha value is -3.37. The molecular weight excluding hydrogens is 438 g/mol. The second-order valence-corrected chi connectivity index (χ2v) is 9.45. The molecule has 10 heteroatoms. The zero-order valence-electron chi connectivity index (χ0n) is 16.8. The van der Waals surface area contributed by atoms with Crippen molar-refractivity contribution in [1.82, 2.24) is 10.9 Å². The van der Waals surface area contributed by atoms with Crippen LogP contribution in [0, 0.1) is 13.8 Å². The van der Waals surface area contributed by atoms with Crippen molar-refractivity contribution in [1.29, 1.82) is 0 Å². The molecule has 0 aliphatic heterocycles. The van der Waals surface area contributed by atoms with Gasteiger partial charge in [-0.05, 0) is 48.6 Å². The van der Waals surface area contributed by atoms with Crippen molar-refractivity contribution < 1.29 is 22.7 Å². The number of rotatable bonds is 7. The van der Waals surface area contributed by atoms with Gasteiger partial charge in [0, 0.05) is 0 Å². The van der Waals surface area contributed by atoms with Gasteiger partial charge in [0.2, 0.25) is 0 Å². The van der Waals surface area contributed by atoms with Crippen molar-refractivity contribution in [2.75, 3.05) is 11.3 Å². The van der Waals surface area contributed by atoms with Crippen LogP contribution >= 0.6 is 11.3 Å². The van der Waals surface area contributed by atoms with Crippen molar-refractivity contribution >= 4 is 38.9 Å². The molecule has 2 aromatic carbocycles. The van der Waals surface area contributed by atoms with E-state index in [9.17, 15) is 18.0 Å². The van der Waals surface area contributed by atoms with E-state index in [1.165, 1.54) is 18.2 Å². The van der Waals surface area contributed by atoms with Crippen molar-refractivity contribution in [2.24, 2.45) is 0 Å². The Morgan fingerprint density at radius 2 is 1.65 bits per heavy atom. The number of carbonyl (C=O) groups is 2. The maximum Gasteiger partial charge on any atom is 0.276 e. The van der Waals surface area contributed by atoms with Crippen molar-refractivity contribution in [3.05, 3.63) is 76.7 Å². The van der Waals surface area contributed by atoms with Crippen LogP contribution in [0.1, 0.15) is 21.5 Å². The van der Waals surface area contributed by atoms with E-state index in [0.717, 1.165) is 22.5 Å². The Morgan fingerprint density at radius 3 is 2.32 bits per heavy atom. The summed E-state index contributed by atoms with van der Waals surface area (Å²) in [5, 5.41) is 1.64. The fourth-order valence-electron chi connectivity index (χ4n) is 2.78. The summed E-state index contributed by atoms with van der Waals surface area (Å²) in [6.07, 6.45) is 0. The number of sulfonamides is 1. The minimum Gasteiger partial charge on any atom is -0.483 e. The van der Waals surface area contributed by atoms with E-state index < -0.39 is 21.8 Å². The highest BCUT2D eigenvalue weighted by Crippen LogP contribution is 2.23. The number of nitrogens with one attached hydrogen (secondary N) is 3. The first-order chi connectivity index (χ1) is 14.8. The van der Waals surface area contributed by atoms with E-state index in [1.54, 1.807) is 23.6 Å². The third-order valence-electron chi connectivity index (χ3n) is 4.25. The molecule has 3 N–H and O–H groups in total. The van der Waals surface area contributed by atoms with E-state index in [-0.39, 0.29) is 22.1 Å². The molecule has 2 amide bonds. The zero-order chi connectivity index (χ0) is 22.4. The molecule has 3 rings (SSSR count). The van der Waals surface area contributed by atoms with Crippen LogP contribution in [-0.2, 0) is 14.8 Å². The molecule has 31 heavy (non-hydrogen) atoms. The number of hydrogen-bond acceptors (Lipinski definition) is 6. The zero-order valence-corrected chi connectivity index (χ0v) is 18.5. The van der Waals surface area contributed by atoms with Crippen LogP contribution in [-0.4, -0.2) is 26.8 Å². The van der Waals surface area contributed by atoms with Gasteiger partial charge in [0.15, 0.2) is 6.61 Å². The summed E-state index contributed by atoms with van der Waals surface area (Å²) in [6.45, 7) is 3.45. The van der Waals surface area contributed by atoms with Gasteiger partial charge in [-0.25, -0.2) is 8.42 Å². The predicted octanol–water partition coefficient (Wildman–Crippen LogP) is 3.01. The van der Waals surface area contributed by atoms with Gasteiger partial charge in [0.25, 0.3) is 21.8 Å². The minimum atomic E-state index is -3.82. The number of carbonyl (C=O) groups excluding carboxylic acids is 2. The highest BCUT2D eigenvalue weighted by Gasteiger charge is 2.19. The molecule has 0 bridgehead atoms. The molecule has 0 aliphatic carbocycles. The average Bonchev–Trinajstić information content (AvgIpc) is 3.28. The highest BCUT2D eigenvalue weighted by atomic mass is 32.2.